The standard InChI is InChI=1S/C18H29N3O2/c1-6-7-8-19-16(22)11-21(5)12-17(23)20-18-14(3)9-13(2)10-15(18)4/h9-10H,6-8,11-12H2,1-5H3,(H,19,22)(H,20,23). The Bertz CT molecular complexity index is 532. The van der Waals surface area contributed by atoms with Crippen LogP contribution >= 0.6 is 0 Å². The van der Waals surface area contributed by atoms with Gasteiger partial charge in [0.25, 0.3) is 0 Å². The Morgan fingerprint density at radius 1 is 1.04 bits per heavy atom. The Labute approximate surface area is 139 Å². The van der Waals surface area contributed by atoms with Crippen LogP contribution in [0.2, 0.25) is 0 Å². The van der Waals surface area contributed by atoms with E-state index >= 15 is 0 Å². The molecule has 0 unspecified atom stereocenters. The number of hydrogen-bond acceptors (Lipinski definition) is 3. The Balaban J connectivity index is 2.49. The molecule has 1 rings (SSSR count). The van der Waals surface area contributed by atoms with Gasteiger partial charge in [-0.1, -0.05) is 31.0 Å². The van der Waals surface area contributed by atoms with E-state index in [4.69, 9.17) is 0 Å². The first-order valence-corrected chi connectivity index (χ1v) is 8.16. The van der Waals surface area contributed by atoms with Crippen LogP contribution in [0.4, 0.5) is 5.69 Å². The number of amides is 2. The van der Waals surface area contributed by atoms with Gasteiger partial charge >= 0.3 is 0 Å². The molecule has 0 aromatic heterocycles. The van der Waals surface area contributed by atoms with E-state index in [0.717, 1.165) is 29.7 Å². The summed E-state index contributed by atoms with van der Waals surface area (Å²) in [5, 5.41) is 5.80. The Morgan fingerprint density at radius 3 is 2.17 bits per heavy atom. The van der Waals surface area contributed by atoms with Crippen molar-refractivity contribution in [3.05, 3.63) is 28.8 Å². The van der Waals surface area contributed by atoms with Crippen LogP contribution in [-0.4, -0.2) is 43.4 Å². The van der Waals surface area contributed by atoms with Gasteiger partial charge in [0.05, 0.1) is 13.1 Å². The van der Waals surface area contributed by atoms with Gasteiger partial charge in [-0.05, 0) is 45.4 Å². The predicted molar refractivity (Wildman–Crippen MR) is 94.7 cm³/mol. The highest BCUT2D eigenvalue weighted by atomic mass is 16.2. The molecule has 0 atom stereocenters. The number of likely N-dealkylation sites (N-methyl/N-ethyl adjacent to an activating group) is 1. The molecule has 0 bridgehead atoms. The van der Waals surface area contributed by atoms with Crippen LogP contribution in [0, 0.1) is 20.8 Å². The van der Waals surface area contributed by atoms with Crippen molar-refractivity contribution in [1.29, 1.82) is 0 Å². The summed E-state index contributed by atoms with van der Waals surface area (Å²) in [7, 11) is 1.77. The second-order valence-corrected chi connectivity index (χ2v) is 6.20. The number of carbonyl (C=O) groups is 2. The fourth-order valence-electron chi connectivity index (χ4n) is 2.56. The topological polar surface area (TPSA) is 61.4 Å². The quantitative estimate of drug-likeness (QED) is 0.723. The Morgan fingerprint density at radius 2 is 1.61 bits per heavy atom. The largest absolute Gasteiger partial charge is 0.355 e. The molecule has 1 aromatic carbocycles. The van der Waals surface area contributed by atoms with Crippen molar-refractivity contribution in [3.8, 4) is 0 Å². The average molecular weight is 319 g/mol. The fraction of sp³-hybridized carbons (Fsp3) is 0.556. The first-order chi connectivity index (χ1) is 10.8. The minimum absolute atomic E-state index is 0.0450. The van der Waals surface area contributed by atoms with Gasteiger partial charge in [0.1, 0.15) is 0 Å². The SMILES string of the molecule is CCCCNC(=O)CN(C)CC(=O)Nc1c(C)cc(C)cc1C. The van der Waals surface area contributed by atoms with Gasteiger partial charge < -0.3 is 10.6 Å². The minimum Gasteiger partial charge on any atom is -0.355 e. The normalized spacial score (nSPS) is 10.7. The molecular weight excluding hydrogens is 290 g/mol. The smallest absolute Gasteiger partial charge is 0.238 e. The number of unbranched alkanes of at least 4 members (excludes halogenated alkanes) is 1. The van der Waals surface area contributed by atoms with Crippen LogP contribution in [0.3, 0.4) is 0 Å². The van der Waals surface area contributed by atoms with Gasteiger partial charge in [-0.2, -0.15) is 0 Å². The summed E-state index contributed by atoms with van der Waals surface area (Å²) in [6.07, 6.45) is 2.02. The van der Waals surface area contributed by atoms with Crippen LogP contribution in [-0.2, 0) is 9.59 Å². The highest BCUT2D eigenvalue weighted by molar-refractivity contribution is 5.94. The Kier molecular flexibility index (Phi) is 7.75. The number of nitrogens with one attached hydrogen (secondary N) is 2. The number of rotatable bonds is 8. The second-order valence-electron chi connectivity index (χ2n) is 6.20. The molecule has 0 radical (unpaired) electrons. The first kappa shape index (κ1) is 19.2. The van der Waals surface area contributed by atoms with Gasteiger partial charge in [-0.3, -0.25) is 14.5 Å². The molecule has 2 N–H and O–H groups in total. The molecule has 2 amide bonds. The molecule has 23 heavy (non-hydrogen) atoms. The number of anilines is 1. The van der Waals surface area contributed by atoms with Crippen LogP contribution in [0.25, 0.3) is 0 Å². The number of nitrogens with zero attached hydrogens (tertiary/aromatic N) is 1. The molecule has 0 saturated carbocycles. The molecule has 0 aliphatic carbocycles. The summed E-state index contributed by atoms with van der Waals surface area (Å²) >= 11 is 0. The van der Waals surface area contributed by atoms with Crippen molar-refractivity contribution in [2.45, 2.75) is 40.5 Å². The predicted octanol–water partition coefficient (Wildman–Crippen LogP) is 2.40. The third-order valence-corrected chi connectivity index (χ3v) is 3.62. The molecule has 0 heterocycles. The van der Waals surface area contributed by atoms with Crippen molar-refractivity contribution in [1.82, 2.24) is 10.2 Å². The maximum atomic E-state index is 12.2. The third-order valence-electron chi connectivity index (χ3n) is 3.62. The summed E-state index contributed by atoms with van der Waals surface area (Å²) in [5.41, 5.74) is 4.15. The summed E-state index contributed by atoms with van der Waals surface area (Å²) in [6.45, 7) is 9.20. The first-order valence-electron chi connectivity index (χ1n) is 8.16. The van der Waals surface area contributed by atoms with Crippen molar-refractivity contribution < 1.29 is 9.59 Å². The van der Waals surface area contributed by atoms with E-state index in [-0.39, 0.29) is 24.9 Å². The lowest BCUT2D eigenvalue weighted by molar-refractivity contribution is -0.122. The zero-order valence-corrected chi connectivity index (χ0v) is 15.0. The summed E-state index contributed by atoms with van der Waals surface area (Å²) in [5.74, 6) is -0.152. The van der Waals surface area contributed by atoms with Crippen LogP contribution < -0.4 is 10.6 Å². The number of aryl methyl sites for hydroxylation is 3. The average Bonchev–Trinajstić information content (AvgIpc) is 2.42. The second kappa shape index (κ2) is 9.30. The lowest BCUT2D eigenvalue weighted by Crippen LogP contribution is -2.39. The molecule has 0 fully saturated rings. The van der Waals surface area contributed by atoms with E-state index < -0.39 is 0 Å². The van der Waals surface area contributed by atoms with E-state index in [0.29, 0.717) is 6.54 Å². The number of benzene rings is 1. The zero-order valence-electron chi connectivity index (χ0n) is 15.0. The highest BCUT2D eigenvalue weighted by Crippen LogP contribution is 2.21. The van der Waals surface area contributed by atoms with Gasteiger partial charge in [-0.25, -0.2) is 0 Å². The molecule has 0 saturated heterocycles. The van der Waals surface area contributed by atoms with Gasteiger partial charge in [-0.15, -0.1) is 0 Å². The monoisotopic (exact) mass is 319 g/mol. The fourth-order valence-corrected chi connectivity index (χ4v) is 2.56. The van der Waals surface area contributed by atoms with Gasteiger partial charge in [0, 0.05) is 12.2 Å². The summed E-state index contributed by atoms with van der Waals surface area (Å²) < 4.78 is 0. The number of hydrogen-bond donors (Lipinski definition) is 2. The maximum Gasteiger partial charge on any atom is 0.238 e. The van der Waals surface area contributed by atoms with Crippen LogP contribution in [0.1, 0.15) is 36.5 Å². The van der Waals surface area contributed by atoms with Gasteiger partial charge in [0.15, 0.2) is 0 Å². The zero-order chi connectivity index (χ0) is 17.4. The Hall–Kier alpha value is -1.88. The summed E-state index contributed by atoms with van der Waals surface area (Å²) in [4.78, 5) is 25.6. The van der Waals surface area contributed by atoms with E-state index in [2.05, 4.69) is 17.6 Å². The molecule has 5 heteroatoms. The molecule has 0 aliphatic heterocycles. The maximum absolute atomic E-state index is 12.2. The van der Waals surface area contributed by atoms with Crippen molar-refractivity contribution >= 4 is 17.5 Å². The highest BCUT2D eigenvalue weighted by Gasteiger charge is 2.12. The molecule has 1 aromatic rings. The summed E-state index contributed by atoms with van der Waals surface area (Å²) in [6, 6.07) is 4.10. The molecule has 128 valence electrons. The number of carbonyl (C=O) groups excluding carboxylic acids is 2. The lowest BCUT2D eigenvalue weighted by Gasteiger charge is -2.18. The molecular formula is C18H29N3O2. The van der Waals surface area contributed by atoms with Crippen molar-refractivity contribution in [3.63, 3.8) is 0 Å². The van der Waals surface area contributed by atoms with Crippen molar-refractivity contribution in [2.24, 2.45) is 0 Å². The van der Waals surface area contributed by atoms with Crippen molar-refractivity contribution in [2.75, 3.05) is 32.0 Å². The van der Waals surface area contributed by atoms with E-state index in [1.807, 2.05) is 32.9 Å². The van der Waals surface area contributed by atoms with E-state index in [1.165, 1.54) is 5.56 Å². The third kappa shape index (κ3) is 6.82. The van der Waals surface area contributed by atoms with Crippen LogP contribution in [0.15, 0.2) is 12.1 Å². The lowest BCUT2D eigenvalue weighted by atomic mass is 10.1. The molecule has 0 spiro atoms. The molecule has 0 aliphatic rings. The van der Waals surface area contributed by atoms with E-state index in [9.17, 15) is 9.59 Å². The molecule has 5 nitrogen and oxygen atoms in total. The van der Waals surface area contributed by atoms with E-state index in [1.54, 1.807) is 11.9 Å². The van der Waals surface area contributed by atoms with Crippen LogP contribution in [0.5, 0.6) is 0 Å². The van der Waals surface area contributed by atoms with Gasteiger partial charge in [0.2, 0.25) is 11.8 Å². The minimum atomic E-state index is -0.107.